The number of hydrogen-bond donors (Lipinski definition) is 0. The molecule has 29 heavy (non-hydrogen) atoms. The molecular formula is C16H22N8O5. The summed E-state index contributed by atoms with van der Waals surface area (Å²) in [5.74, 6) is 0.884. The first-order valence-electron chi connectivity index (χ1n) is 9.12. The Balaban J connectivity index is 1.45. The van der Waals surface area contributed by atoms with Crippen LogP contribution in [0.3, 0.4) is 0 Å². The normalized spacial score (nSPS) is 23.8. The number of morpholine rings is 2. The van der Waals surface area contributed by atoms with Crippen molar-refractivity contribution in [2.75, 3.05) is 53.6 Å². The molecule has 2 aliphatic rings. The minimum absolute atomic E-state index is 0.0633. The molecule has 0 aromatic carbocycles. The predicted octanol–water partition coefficient (Wildman–Crippen LogP) is -0.282. The van der Waals surface area contributed by atoms with E-state index in [0.29, 0.717) is 51.0 Å². The van der Waals surface area contributed by atoms with Gasteiger partial charge in [-0.25, -0.2) is 9.97 Å². The van der Waals surface area contributed by atoms with E-state index in [1.807, 2.05) is 0 Å². The SMILES string of the molecule is CON1CCOC(c2ncnc(Oc3ncnc(C4CN(OC)CCO4)n3)n2)C1. The summed E-state index contributed by atoms with van der Waals surface area (Å²) in [4.78, 5) is 35.6. The van der Waals surface area contributed by atoms with Crippen LogP contribution < -0.4 is 4.74 Å². The van der Waals surface area contributed by atoms with Crippen molar-refractivity contribution in [1.29, 1.82) is 0 Å². The van der Waals surface area contributed by atoms with Crippen LogP contribution in [-0.2, 0) is 19.1 Å². The number of ether oxygens (including phenoxy) is 3. The smallest absolute Gasteiger partial charge is 0.327 e. The van der Waals surface area contributed by atoms with Gasteiger partial charge in [0.1, 0.15) is 24.9 Å². The molecule has 0 aliphatic carbocycles. The number of hydrogen-bond acceptors (Lipinski definition) is 13. The van der Waals surface area contributed by atoms with E-state index in [1.165, 1.54) is 12.7 Å². The maximum Gasteiger partial charge on any atom is 0.327 e. The third kappa shape index (κ3) is 4.95. The molecule has 156 valence electrons. The molecule has 2 aliphatic heterocycles. The van der Waals surface area contributed by atoms with Crippen LogP contribution in [0, 0.1) is 0 Å². The second-order valence-electron chi connectivity index (χ2n) is 6.21. The Morgan fingerprint density at radius 2 is 1.28 bits per heavy atom. The third-order valence-corrected chi connectivity index (χ3v) is 4.47. The molecule has 13 nitrogen and oxygen atoms in total. The molecule has 4 rings (SSSR count). The van der Waals surface area contributed by atoms with E-state index >= 15 is 0 Å². The molecule has 2 unspecified atom stereocenters. The molecule has 13 heteroatoms. The third-order valence-electron chi connectivity index (χ3n) is 4.47. The Kier molecular flexibility index (Phi) is 6.43. The summed E-state index contributed by atoms with van der Waals surface area (Å²) in [5.41, 5.74) is 0. The van der Waals surface area contributed by atoms with Crippen molar-refractivity contribution in [3.05, 3.63) is 24.3 Å². The molecule has 2 saturated heterocycles. The number of hydroxylamine groups is 4. The fourth-order valence-electron chi connectivity index (χ4n) is 2.97. The van der Waals surface area contributed by atoms with Gasteiger partial charge in [0, 0.05) is 13.1 Å². The summed E-state index contributed by atoms with van der Waals surface area (Å²) in [6.45, 7) is 3.39. The van der Waals surface area contributed by atoms with Crippen molar-refractivity contribution >= 4 is 0 Å². The maximum atomic E-state index is 5.72. The van der Waals surface area contributed by atoms with Gasteiger partial charge in [0.05, 0.1) is 40.5 Å². The Bertz CT molecular complexity index is 749. The van der Waals surface area contributed by atoms with Gasteiger partial charge in [0.25, 0.3) is 0 Å². The molecule has 4 heterocycles. The molecule has 0 saturated carbocycles. The van der Waals surface area contributed by atoms with Gasteiger partial charge < -0.3 is 23.9 Å². The van der Waals surface area contributed by atoms with E-state index in [1.54, 1.807) is 24.3 Å². The lowest BCUT2D eigenvalue weighted by molar-refractivity contribution is -0.195. The van der Waals surface area contributed by atoms with E-state index in [2.05, 4.69) is 29.9 Å². The molecule has 2 atom stereocenters. The van der Waals surface area contributed by atoms with E-state index in [-0.39, 0.29) is 24.2 Å². The van der Waals surface area contributed by atoms with Crippen LogP contribution in [0.4, 0.5) is 0 Å². The summed E-state index contributed by atoms with van der Waals surface area (Å²) in [5, 5.41) is 3.56. The Labute approximate surface area is 166 Å². The molecule has 0 spiro atoms. The van der Waals surface area contributed by atoms with Gasteiger partial charge in [0.2, 0.25) is 0 Å². The minimum Gasteiger partial charge on any atom is -0.388 e. The molecule has 2 aromatic rings. The molecule has 0 amide bonds. The van der Waals surface area contributed by atoms with E-state index < -0.39 is 0 Å². The quantitative estimate of drug-likeness (QED) is 0.624. The van der Waals surface area contributed by atoms with Crippen molar-refractivity contribution in [3.63, 3.8) is 0 Å². The lowest BCUT2D eigenvalue weighted by Crippen LogP contribution is -2.38. The second-order valence-corrected chi connectivity index (χ2v) is 6.21. The van der Waals surface area contributed by atoms with Crippen LogP contribution in [0.25, 0.3) is 0 Å². The first kappa shape index (κ1) is 19.9. The average Bonchev–Trinajstić information content (AvgIpc) is 2.79. The van der Waals surface area contributed by atoms with Gasteiger partial charge in [0.15, 0.2) is 11.6 Å². The van der Waals surface area contributed by atoms with E-state index in [4.69, 9.17) is 23.9 Å². The zero-order valence-corrected chi connectivity index (χ0v) is 16.2. The highest BCUT2D eigenvalue weighted by molar-refractivity contribution is 5.07. The Hall–Kier alpha value is -2.42. The van der Waals surface area contributed by atoms with Gasteiger partial charge in [-0.05, 0) is 0 Å². The zero-order valence-electron chi connectivity index (χ0n) is 16.2. The summed E-state index contributed by atoms with van der Waals surface area (Å²) >= 11 is 0. The highest BCUT2D eigenvalue weighted by atomic mass is 16.7. The molecule has 0 radical (unpaired) electrons. The highest BCUT2D eigenvalue weighted by Gasteiger charge is 2.26. The van der Waals surface area contributed by atoms with Crippen LogP contribution >= 0.6 is 0 Å². The predicted molar refractivity (Wildman–Crippen MR) is 94.3 cm³/mol. The lowest BCUT2D eigenvalue weighted by atomic mass is 10.3. The van der Waals surface area contributed by atoms with Gasteiger partial charge in [-0.3, -0.25) is 0 Å². The van der Waals surface area contributed by atoms with Gasteiger partial charge in [-0.1, -0.05) is 0 Å². The molecule has 2 fully saturated rings. The standard InChI is InChI=1S/C16H22N8O5/c1-25-23-3-5-27-11(7-23)13-17-9-19-15(21-13)29-16-20-10-18-14(22-16)12-8-24(26-2)4-6-28-12/h9-12H,3-8H2,1-2H3. The van der Waals surface area contributed by atoms with E-state index in [0.717, 1.165) is 0 Å². The summed E-state index contributed by atoms with van der Waals surface area (Å²) < 4.78 is 17.1. The Morgan fingerprint density at radius 1 is 0.793 bits per heavy atom. The Morgan fingerprint density at radius 3 is 1.72 bits per heavy atom. The maximum absolute atomic E-state index is 5.72. The molecular weight excluding hydrogens is 384 g/mol. The van der Waals surface area contributed by atoms with Crippen molar-refractivity contribution in [1.82, 2.24) is 40.0 Å². The van der Waals surface area contributed by atoms with E-state index in [9.17, 15) is 0 Å². The molecule has 0 bridgehead atoms. The van der Waals surface area contributed by atoms with Crippen molar-refractivity contribution in [3.8, 4) is 12.0 Å². The van der Waals surface area contributed by atoms with Crippen LogP contribution in [0.1, 0.15) is 23.9 Å². The number of nitrogens with zero attached hydrogens (tertiary/aromatic N) is 8. The summed E-state index contributed by atoms with van der Waals surface area (Å²) in [6.07, 6.45) is 2.02. The highest BCUT2D eigenvalue weighted by Crippen LogP contribution is 2.23. The van der Waals surface area contributed by atoms with Gasteiger partial charge in [-0.2, -0.15) is 30.1 Å². The fraction of sp³-hybridized carbons (Fsp3) is 0.625. The summed E-state index contributed by atoms with van der Waals surface area (Å²) in [6, 6.07) is 0.127. The topological polar surface area (TPSA) is 130 Å². The van der Waals surface area contributed by atoms with Crippen molar-refractivity contribution < 1.29 is 23.9 Å². The fourth-order valence-corrected chi connectivity index (χ4v) is 2.97. The van der Waals surface area contributed by atoms with Crippen LogP contribution in [-0.4, -0.2) is 93.6 Å². The second kappa shape index (κ2) is 9.39. The number of rotatable bonds is 6. The molecule has 2 aromatic heterocycles. The monoisotopic (exact) mass is 406 g/mol. The summed E-state index contributed by atoms with van der Waals surface area (Å²) in [7, 11) is 3.23. The van der Waals surface area contributed by atoms with Crippen molar-refractivity contribution in [2.24, 2.45) is 0 Å². The largest absolute Gasteiger partial charge is 0.388 e. The molecule has 0 N–H and O–H groups in total. The average molecular weight is 406 g/mol. The minimum atomic E-state index is -0.348. The van der Waals surface area contributed by atoms with Crippen LogP contribution in [0.15, 0.2) is 12.7 Å². The first-order valence-corrected chi connectivity index (χ1v) is 9.12. The van der Waals surface area contributed by atoms with Gasteiger partial charge >= 0.3 is 12.0 Å². The number of aromatic nitrogens is 6. The van der Waals surface area contributed by atoms with Gasteiger partial charge in [-0.15, -0.1) is 0 Å². The first-order chi connectivity index (χ1) is 14.2. The van der Waals surface area contributed by atoms with Crippen LogP contribution in [0.5, 0.6) is 12.0 Å². The van der Waals surface area contributed by atoms with Crippen LogP contribution in [0.2, 0.25) is 0 Å². The zero-order chi connectivity index (χ0) is 20.1. The van der Waals surface area contributed by atoms with Crippen molar-refractivity contribution in [2.45, 2.75) is 12.2 Å². The lowest BCUT2D eigenvalue weighted by Gasteiger charge is -2.30.